The fourth-order valence-electron chi connectivity index (χ4n) is 4.48. The highest BCUT2D eigenvalue weighted by Crippen LogP contribution is 2.38. The van der Waals surface area contributed by atoms with Gasteiger partial charge in [0.05, 0.1) is 22.1 Å². The van der Waals surface area contributed by atoms with Crippen LogP contribution in [-0.4, -0.2) is 24.9 Å². The van der Waals surface area contributed by atoms with E-state index in [0.29, 0.717) is 5.92 Å². The molecule has 2 aromatic carbocycles. The van der Waals surface area contributed by atoms with Gasteiger partial charge < -0.3 is 9.97 Å². The van der Waals surface area contributed by atoms with Gasteiger partial charge in [-0.3, -0.25) is 9.97 Å². The standard InChI is InChI=1S/C25H21N5/c1-13(2)20-19(17-12-14(3)8-9-18(17)28-20)25-29-23-15-6-4-10-26-21(15)22-16(24(23)30-25)7-5-11-27-22/h4-13,28H,1-3H3,(H,29,30). The monoisotopic (exact) mass is 391 g/mol. The van der Waals surface area contributed by atoms with Crippen LogP contribution in [0.15, 0.2) is 54.9 Å². The highest BCUT2D eigenvalue weighted by atomic mass is 14.9. The zero-order valence-corrected chi connectivity index (χ0v) is 17.1. The van der Waals surface area contributed by atoms with E-state index in [1.807, 2.05) is 24.5 Å². The van der Waals surface area contributed by atoms with Crippen molar-refractivity contribution in [1.29, 1.82) is 0 Å². The van der Waals surface area contributed by atoms with Crippen molar-refractivity contribution in [1.82, 2.24) is 24.9 Å². The molecule has 5 nitrogen and oxygen atoms in total. The normalized spacial score (nSPS) is 12.1. The minimum atomic E-state index is 0.345. The summed E-state index contributed by atoms with van der Waals surface area (Å²) in [6.07, 6.45) is 3.63. The summed E-state index contributed by atoms with van der Waals surface area (Å²) in [5, 5.41) is 3.26. The molecule has 2 N–H and O–H groups in total. The highest BCUT2D eigenvalue weighted by Gasteiger charge is 2.21. The first kappa shape index (κ1) is 17.2. The molecule has 0 aliphatic heterocycles. The Morgan fingerprint density at radius 1 is 0.800 bits per heavy atom. The number of nitrogens with one attached hydrogen (secondary N) is 2. The van der Waals surface area contributed by atoms with Crippen molar-refractivity contribution >= 4 is 43.7 Å². The van der Waals surface area contributed by atoms with Crippen LogP contribution in [0.2, 0.25) is 0 Å². The first-order valence-corrected chi connectivity index (χ1v) is 10.3. The summed E-state index contributed by atoms with van der Waals surface area (Å²) in [5.74, 6) is 1.23. The number of hydrogen-bond acceptors (Lipinski definition) is 3. The minimum absolute atomic E-state index is 0.345. The van der Waals surface area contributed by atoms with E-state index in [9.17, 15) is 0 Å². The summed E-state index contributed by atoms with van der Waals surface area (Å²) >= 11 is 0. The van der Waals surface area contributed by atoms with Crippen molar-refractivity contribution in [2.24, 2.45) is 0 Å². The van der Waals surface area contributed by atoms with Crippen LogP contribution < -0.4 is 0 Å². The Morgan fingerprint density at radius 2 is 1.53 bits per heavy atom. The van der Waals surface area contributed by atoms with E-state index in [1.165, 1.54) is 16.6 Å². The molecule has 0 spiro atoms. The smallest absolute Gasteiger partial charge is 0.140 e. The summed E-state index contributed by atoms with van der Waals surface area (Å²) in [4.78, 5) is 21.6. The molecule has 6 rings (SSSR count). The number of nitrogens with zero attached hydrogens (tertiary/aromatic N) is 3. The van der Waals surface area contributed by atoms with Gasteiger partial charge in [0, 0.05) is 45.3 Å². The number of pyridine rings is 2. The van der Waals surface area contributed by atoms with E-state index in [2.05, 4.69) is 71.0 Å². The van der Waals surface area contributed by atoms with Gasteiger partial charge in [-0.15, -0.1) is 0 Å². The Bertz CT molecular complexity index is 1510. The maximum Gasteiger partial charge on any atom is 0.140 e. The average molecular weight is 391 g/mol. The quantitative estimate of drug-likeness (QED) is 0.343. The lowest BCUT2D eigenvalue weighted by Gasteiger charge is -2.05. The predicted molar refractivity (Wildman–Crippen MR) is 123 cm³/mol. The van der Waals surface area contributed by atoms with Crippen molar-refractivity contribution < 1.29 is 0 Å². The van der Waals surface area contributed by atoms with E-state index < -0.39 is 0 Å². The molecule has 0 saturated carbocycles. The zero-order valence-electron chi connectivity index (χ0n) is 17.1. The molecule has 0 saturated heterocycles. The molecule has 0 unspecified atom stereocenters. The van der Waals surface area contributed by atoms with Gasteiger partial charge in [0.15, 0.2) is 0 Å². The Balaban J connectivity index is 1.78. The van der Waals surface area contributed by atoms with Gasteiger partial charge in [-0.05, 0) is 49.2 Å². The predicted octanol–water partition coefficient (Wildman–Crippen LogP) is 6.24. The van der Waals surface area contributed by atoms with Crippen molar-refractivity contribution in [3.05, 3.63) is 66.1 Å². The van der Waals surface area contributed by atoms with Crippen LogP contribution in [0.3, 0.4) is 0 Å². The van der Waals surface area contributed by atoms with E-state index in [4.69, 9.17) is 4.98 Å². The summed E-state index contributed by atoms with van der Waals surface area (Å²) in [6, 6.07) is 14.6. The van der Waals surface area contributed by atoms with Crippen LogP contribution in [0.25, 0.3) is 55.1 Å². The van der Waals surface area contributed by atoms with Crippen LogP contribution >= 0.6 is 0 Å². The zero-order chi connectivity index (χ0) is 20.4. The maximum atomic E-state index is 5.11. The molecule has 0 aliphatic rings. The second-order valence-corrected chi connectivity index (χ2v) is 8.23. The summed E-state index contributed by atoms with van der Waals surface area (Å²) in [6.45, 7) is 6.55. The average Bonchev–Trinajstić information content (AvgIpc) is 3.35. The number of benzene rings is 2. The van der Waals surface area contributed by atoms with Gasteiger partial charge in [-0.25, -0.2) is 4.98 Å². The molecule has 6 aromatic rings. The molecule has 4 heterocycles. The summed E-state index contributed by atoms with van der Waals surface area (Å²) in [7, 11) is 0. The van der Waals surface area contributed by atoms with Crippen LogP contribution in [0.4, 0.5) is 0 Å². The number of aromatic amines is 2. The van der Waals surface area contributed by atoms with Crippen molar-refractivity contribution in [2.45, 2.75) is 26.7 Å². The fourth-order valence-corrected chi connectivity index (χ4v) is 4.48. The Kier molecular flexibility index (Phi) is 3.51. The van der Waals surface area contributed by atoms with Gasteiger partial charge in [0.25, 0.3) is 0 Å². The van der Waals surface area contributed by atoms with E-state index in [-0.39, 0.29) is 0 Å². The molecule has 0 atom stereocenters. The lowest BCUT2D eigenvalue weighted by atomic mass is 10.0. The second kappa shape index (κ2) is 6.13. The van der Waals surface area contributed by atoms with Crippen LogP contribution in [0, 0.1) is 6.92 Å². The van der Waals surface area contributed by atoms with Crippen molar-refractivity contribution in [3.8, 4) is 11.4 Å². The van der Waals surface area contributed by atoms with Gasteiger partial charge in [-0.2, -0.15) is 0 Å². The van der Waals surface area contributed by atoms with E-state index >= 15 is 0 Å². The largest absolute Gasteiger partial charge is 0.358 e. The number of hydrogen-bond donors (Lipinski definition) is 2. The maximum absolute atomic E-state index is 5.11. The van der Waals surface area contributed by atoms with Crippen molar-refractivity contribution in [2.75, 3.05) is 0 Å². The van der Waals surface area contributed by atoms with Crippen LogP contribution in [0.1, 0.15) is 31.0 Å². The third kappa shape index (κ3) is 2.32. The lowest BCUT2D eigenvalue weighted by Crippen LogP contribution is -1.92. The minimum Gasteiger partial charge on any atom is -0.358 e. The third-order valence-corrected chi connectivity index (χ3v) is 5.87. The number of aryl methyl sites for hydroxylation is 1. The Morgan fingerprint density at radius 3 is 2.30 bits per heavy atom. The van der Waals surface area contributed by atoms with E-state index in [1.54, 1.807) is 0 Å². The van der Waals surface area contributed by atoms with Gasteiger partial charge in [-0.1, -0.05) is 25.5 Å². The Hall–Kier alpha value is -3.73. The van der Waals surface area contributed by atoms with E-state index in [0.717, 1.165) is 49.7 Å². The fraction of sp³-hybridized carbons (Fsp3) is 0.160. The van der Waals surface area contributed by atoms with Gasteiger partial charge in [0.2, 0.25) is 0 Å². The lowest BCUT2D eigenvalue weighted by molar-refractivity contribution is 0.837. The topological polar surface area (TPSA) is 70.2 Å². The molecular weight excluding hydrogens is 370 g/mol. The first-order chi connectivity index (χ1) is 14.6. The number of aromatic nitrogens is 5. The Labute approximate surface area is 173 Å². The third-order valence-electron chi connectivity index (χ3n) is 5.87. The van der Waals surface area contributed by atoms with Gasteiger partial charge >= 0.3 is 0 Å². The van der Waals surface area contributed by atoms with Gasteiger partial charge in [0.1, 0.15) is 5.82 Å². The first-order valence-electron chi connectivity index (χ1n) is 10.3. The van der Waals surface area contributed by atoms with Crippen molar-refractivity contribution in [3.63, 3.8) is 0 Å². The molecular formula is C25H21N5. The SMILES string of the molecule is Cc1ccc2[nH]c(C(C)C)c(-c3nc4c5cccnc5c5ncccc5c4[nH]3)c2c1. The molecule has 0 fully saturated rings. The second-order valence-electron chi connectivity index (χ2n) is 8.23. The molecule has 5 heteroatoms. The highest BCUT2D eigenvalue weighted by molar-refractivity contribution is 6.21. The number of fused-ring (bicyclic) bond motifs is 7. The molecule has 0 radical (unpaired) electrons. The van der Waals surface area contributed by atoms with Crippen LogP contribution in [0.5, 0.6) is 0 Å². The number of H-pyrrole nitrogens is 2. The summed E-state index contributed by atoms with van der Waals surface area (Å²) in [5.41, 5.74) is 8.44. The number of imidazole rings is 1. The molecule has 146 valence electrons. The number of rotatable bonds is 2. The molecule has 30 heavy (non-hydrogen) atoms. The molecule has 0 amide bonds. The molecule has 0 aliphatic carbocycles. The van der Waals surface area contributed by atoms with Crippen LogP contribution in [-0.2, 0) is 0 Å². The summed E-state index contributed by atoms with van der Waals surface area (Å²) < 4.78 is 0. The molecule has 4 aromatic heterocycles. The molecule has 0 bridgehead atoms.